The Morgan fingerprint density at radius 3 is 2.57 bits per heavy atom. The molecule has 0 radical (unpaired) electrons. The molecule has 3 aromatic carbocycles. The first kappa shape index (κ1) is 32.6. The van der Waals surface area contributed by atoms with Gasteiger partial charge in [0.05, 0.1) is 37.4 Å². The molecule has 3 aliphatic rings. The van der Waals surface area contributed by atoms with Crippen LogP contribution in [0.2, 0.25) is 18.6 Å². The number of anilines is 3. The number of rotatable bonds is 9. The van der Waals surface area contributed by atoms with Gasteiger partial charge in [0.1, 0.15) is 0 Å². The lowest BCUT2D eigenvalue weighted by atomic mass is 9.82. The maximum Gasteiger partial charge on any atom is 0.264 e. The number of carbonyl (C=O) groups is 3. The van der Waals surface area contributed by atoms with Crippen LogP contribution >= 0.6 is 15.9 Å². The maximum absolute atomic E-state index is 16.2. The lowest BCUT2D eigenvalue weighted by molar-refractivity contribution is -0.150. The number of aliphatic hydroxyl groups is 1. The van der Waals surface area contributed by atoms with Gasteiger partial charge in [-0.3, -0.25) is 19.3 Å². The van der Waals surface area contributed by atoms with Gasteiger partial charge in [0.25, 0.3) is 5.91 Å². The van der Waals surface area contributed by atoms with Crippen molar-refractivity contribution < 1.29 is 28.3 Å². The monoisotopic (exact) mass is 707 g/mol. The van der Waals surface area contributed by atoms with Gasteiger partial charge in [-0.25, -0.2) is 0 Å². The van der Waals surface area contributed by atoms with Gasteiger partial charge in [-0.1, -0.05) is 53.2 Å². The highest BCUT2D eigenvalue weighted by molar-refractivity contribution is 9.10. The number of aliphatic hydroxyl groups excluding tert-OH is 1. The molecule has 2 fully saturated rings. The molecule has 3 aromatic rings. The van der Waals surface area contributed by atoms with E-state index in [-0.39, 0.29) is 37.4 Å². The molecule has 11 heteroatoms. The summed E-state index contributed by atoms with van der Waals surface area (Å²) in [4.78, 5) is 45.3. The van der Waals surface area contributed by atoms with Gasteiger partial charge in [-0.2, -0.15) is 0 Å². The molecule has 5 atom stereocenters. The van der Waals surface area contributed by atoms with Crippen LogP contribution in [0.4, 0.5) is 21.2 Å². The van der Waals surface area contributed by atoms with Crippen molar-refractivity contribution >= 4 is 59.6 Å². The quantitative estimate of drug-likeness (QED) is 0.157. The number of likely N-dealkylation sites (tertiary alicyclic amines) is 1. The molecule has 3 heterocycles. The number of para-hydroxylation sites is 1. The minimum Gasteiger partial charge on any atom is -0.394 e. The van der Waals surface area contributed by atoms with Crippen LogP contribution in [0.5, 0.6) is 0 Å². The molecule has 0 aliphatic carbocycles. The summed E-state index contributed by atoms with van der Waals surface area (Å²) in [6.07, 6.45) is 1.46. The summed E-state index contributed by atoms with van der Waals surface area (Å²) >= 11 is 3.57. The Hall–Kier alpha value is -3.38. The largest absolute Gasteiger partial charge is 0.394 e. The van der Waals surface area contributed by atoms with E-state index in [4.69, 9.17) is 4.74 Å². The van der Waals surface area contributed by atoms with Crippen molar-refractivity contribution in [1.82, 2.24) is 4.90 Å². The first-order valence-corrected chi connectivity index (χ1v) is 19.5. The van der Waals surface area contributed by atoms with Crippen LogP contribution in [0.15, 0.2) is 77.3 Å². The fourth-order valence-corrected chi connectivity index (χ4v) is 10.7. The second kappa shape index (κ2) is 12.7. The smallest absolute Gasteiger partial charge is 0.264 e. The summed E-state index contributed by atoms with van der Waals surface area (Å²) in [5.74, 6) is -1.01. The molecule has 3 amide bonds. The highest BCUT2D eigenvalue weighted by Crippen LogP contribution is 2.60. The van der Waals surface area contributed by atoms with Crippen LogP contribution in [-0.2, 0) is 31.3 Å². The molecule has 0 unspecified atom stereocenters. The number of nitrogens with zero attached hydrogens (tertiary/aromatic N) is 3. The Morgan fingerprint density at radius 2 is 1.87 bits per heavy atom. The Kier molecular flexibility index (Phi) is 8.97. The summed E-state index contributed by atoms with van der Waals surface area (Å²) < 4.78 is 23.8. The number of benzene rings is 3. The summed E-state index contributed by atoms with van der Waals surface area (Å²) in [6.45, 7) is 5.76. The van der Waals surface area contributed by atoms with E-state index in [0.717, 1.165) is 35.0 Å². The van der Waals surface area contributed by atoms with Crippen molar-refractivity contribution in [2.75, 3.05) is 23.0 Å². The lowest BCUT2D eigenvalue weighted by Gasteiger charge is -2.31. The van der Waals surface area contributed by atoms with Crippen LogP contribution in [0.25, 0.3) is 0 Å². The Morgan fingerprint density at radius 1 is 1.13 bits per heavy atom. The molecule has 3 aliphatic heterocycles. The third-order valence-electron chi connectivity index (χ3n) is 9.88. The molecule has 6 rings (SSSR count). The van der Waals surface area contributed by atoms with E-state index < -0.39 is 31.6 Å². The average molecular weight is 709 g/mol. The fourth-order valence-electron chi connectivity index (χ4n) is 7.87. The van der Waals surface area contributed by atoms with Gasteiger partial charge in [0.15, 0.2) is 5.60 Å². The van der Waals surface area contributed by atoms with Gasteiger partial charge in [-0.05, 0) is 74.0 Å². The number of hydrogen-bond donors (Lipinski definition) is 1. The van der Waals surface area contributed by atoms with E-state index >= 15 is 4.11 Å². The molecular formula is C35H39BrFN3O5Si. The van der Waals surface area contributed by atoms with Crippen molar-refractivity contribution in [2.45, 2.75) is 69.1 Å². The molecule has 242 valence electrons. The predicted octanol–water partition coefficient (Wildman–Crippen LogP) is 6.44. The second-order valence-corrected chi connectivity index (χ2v) is 17.8. The Bertz CT molecular complexity index is 1640. The van der Waals surface area contributed by atoms with Gasteiger partial charge >= 0.3 is 0 Å². The average Bonchev–Trinajstić information content (AvgIpc) is 3.69. The second-order valence-electron chi connectivity index (χ2n) is 13.1. The minimum atomic E-state index is -3.46. The van der Waals surface area contributed by atoms with Crippen molar-refractivity contribution in [1.29, 1.82) is 0 Å². The van der Waals surface area contributed by atoms with E-state index in [9.17, 15) is 19.5 Å². The highest BCUT2D eigenvalue weighted by atomic mass is 79.9. The van der Waals surface area contributed by atoms with Crippen LogP contribution in [0.1, 0.15) is 37.3 Å². The molecule has 8 nitrogen and oxygen atoms in total. The topological polar surface area (TPSA) is 90.4 Å². The lowest BCUT2D eigenvalue weighted by Crippen LogP contribution is -2.45. The van der Waals surface area contributed by atoms with E-state index in [0.29, 0.717) is 23.5 Å². The standard InChI is InChI=1S/C35H39BrFN3O5Si/c1-23-33(46(2,3)37)31(19-32(43)38-16-8-13-28(38)21-41)45-35(23)29-18-25(36)14-15-30(29)39(34(35)44)20-24-9-7-12-27(17-24)40(22-42)26-10-5-4-6-11-26/h4-7,9-12,14-15,17-18,22-23,28,31,33,41H,8,13,16,19-21H2,1-3H3/t23-,28+,31+,33-,35+/m1/s1. The molecule has 46 heavy (non-hydrogen) atoms. The Balaban J connectivity index is 1.35. The molecule has 0 saturated carbocycles. The van der Waals surface area contributed by atoms with Gasteiger partial charge in [-0.15, -0.1) is 0 Å². The van der Waals surface area contributed by atoms with Gasteiger partial charge in [0, 0.05) is 39.4 Å². The molecule has 1 spiro atoms. The van der Waals surface area contributed by atoms with Crippen molar-refractivity contribution in [2.24, 2.45) is 5.92 Å². The van der Waals surface area contributed by atoms with Crippen molar-refractivity contribution in [3.05, 3.63) is 88.4 Å². The summed E-state index contributed by atoms with van der Waals surface area (Å²) in [5, 5.41) is 9.82. The van der Waals surface area contributed by atoms with Gasteiger partial charge in [0.2, 0.25) is 20.7 Å². The summed E-state index contributed by atoms with van der Waals surface area (Å²) in [6, 6.07) is 22.2. The van der Waals surface area contributed by atoms with Crippen LogP contribution in [-0.4, -0.2) is 61.9 Å². The molecular weight excluding hydrogens is 669 g/mol. The number of ether oxygens (including phenoxy) is 1. The van der Waals surface area contributed by atoms with Crippen LogP contribution in [0.3, 0.4) is 0 Å². The van der Waals surface area contributed by atoms with Gasteiger partial charge < -0.3 is 23.8 Å². The first-order valence-electron chi connectivity index (χ1n) is 15.8. The number of halogens is 2. The number of hydrogen-bond acceptors (Lipinski definition) is 5. The highest BCUT2D eigenvalue weighted by Gasteiger charge is 2.67. The number of amides is 3. The normalized spacial score (nSPS) is 25.7. The maximum atomic E-state index is 16.2. The zero-order chi connectivity index (χ0) is 32.8. The van der Waals surface area contributed by atoms with E-state index in [2.05, 4.69) is 15.9 Å². The SMILES string of the molecule is C[C@@H]1[C@@H]([Si](C)(C)F)[C@H](CC(=O)N2CCC[C@H]2CO)O[C@@]12C(=O)N(Cc1cccc(N(C=O)c3ccccc3)c1)c1ccc(Br)cc12. The zero-order valence-electron chi connectivity index (χ0n) is 26.2. The molecule has 0 aromatic heterocycles. The zero-order valence-corrected chi connectivity index (χ0v) is 28.8. The van der Waals surface area contributed by atoms with Crippen molar-refractivity contribution in [3.8, 4) is 0 Å². The minimum absolute atomic E-state index is 0.0483. The Labute approximate surface area is 278 Å². The molecule has 1 N–H and O–H groups in total. The van der Waals surface area contributed by atoms with Crippen LogP contribution in [0, 0.1) is 5.92 Å². The third-order valence-corrected chi connectivity index (χ3v) is 12.8. The van der Waals surface area contributed by atoms with E-state index in [1.807, 2.05) is 79.7 Å². The van der Waals surface area contributed by atoms with Crippen LogP contribution < -0.4 is 9.80 Å². The number of carbonyl (C=O) groups excluding carboxylic acids is 3. The first-order chi connectivity index (χ1) is 22.0. The molecule has 0 bridgehead atoms. The number of fused-ring (bicyclic) bond motifs is 2. The van der Waals surface area contributed by atoms with Crippen molar-refractivity contribution in [3.63, 3.8) is 0 Å². The summed E-state index contributed by atoms with van der Waals surface area (Å²) in [7, 11) is -3.46. The fraction of sp³-hybridized carbons (Fsp3) is 0.400. The third kappa shape index (κ3) is 5.61. The van der Waals surface area contributed by atoms with E-state index in [1.54, 1.807) is 27.8 Å². The predicted molar refractivity (Wildman–Crippen MR) is 181 cm³/mol. The molecule has 2 saturated heterocycles. The summed E-state index contributed by atoms with van der Waals surface area (Å²) in [5.41, 5.74) is 1.43. The van der Waals surface area contributed by atoms with E-state index in [1.165, 1.54) is 0 Å².